The van der Waals surface area contributed by atoms with Crippen molar-refractivity contribution >= 4 is 38.2 Å². The monoisotopic (exact) mass is 387 g/mol. The van der Waals surface area contributed by atoms with Gasteiger partial charge in [0.25, 0.3) is 0 Å². The third-order valence-corrected chi connectivity index (χ3v) is 6.26. The van der Waals surface area contributed by atoms with Crippen LogP contribution in [0.2, 0.25) is 5.02 Å². The molecule has 1 fully saturated rings. The van der Waals surface area contributed by atoms with Gasteiger partial charge in [0.15, 0.2) is 9.84 Å². The number of halogens is 1. The molecular weight excluding hydrogens is 370 g/mol. The number of hydrogen-bond acceptors (Lipinski definition) is 5. The highest BCUT2D eigenvalue weighted by Crippen LogP contribution is 2.40. The van der Waals surface area contributed by atoms with Crippen LogP contribution in [-0.4, -0.2) is 31.2 Å². The van der Waals surface area contributed by atoms with Gasteiger partial charge in [0, 0.05) is 23.2 Å². The zero-order valence-electron chi connectivity index (χ0n) is 14.3. The molecule has 1 aromatic heterocycles. The summed E-state index contributed by atoms with van der Waals surface area (Å²) in [6, 6.07) is 12.9. The van der Waals surface area contributed by atoms with E-state index in [0.717, 1.165) is 46.7 Å². The van der Waals surface area contributed by atoms with Crippen LogP contribution in [0.15, 0.2) is 53.7 Å². The molecule has 3 aromatic rings. The Kier molecular flexibility index (Phi) is 4.32. The second-order valence-corrected chi connectivity index (χ2v) is 8.94. The summed E-state index contributed by atoms with van der Waals surface area (Å²) < 4.78 is 23.9. The molecule has 0 radical (unpaired) electrons. The van der Waals surface area contributed by atoms with Crippen molar-refractivity contribution in [1.29, 1.82) is 0 Å². The zero-order valence-corrected chi connectivity index (χ0v) is 15.8. The van der Waals surface area contributed by atoms with Crippen molar-refractivity contribution in [2.75, 3.05) is 17.7 Å². The van der Waals surface area contributed by atoms with Crippen LogP contribution in [0.4, 0.5) is 5.82 Å². The predicted octanol–water partition coefficient (Wildman–Crippen LogP) is 4.03. The molecule has 0 bridgehead atoms. The third kappa shape index (κ3) is 3.04. The number of anilines is 1. The van der Waals surface area contributed by atoms with E-state index in [1.165, 1.54) is 12.6 Å². The summed E-state index contributed by atoms with van der Waals surface area (Å²) in [5, 5.41) is 1.48. The number of nitrogens with zero attached hydrogens (tertiary/aromatic N) is 3. The van der Waals surface area contributed by atoms with E-state index >= 15 is 0 Å². The molecule has 5 nitrogen and oxygen atoms in total. The lowest BCUT2D eigenvalue weighted by molar-refractivity contribution is 0.602. The van der Waals surface area contributed by atoms with E-state index in [1.807, 2.05) is 24.3 Å². The minimum absolute atomic E-state index is 0.115. The molecule has 2 heterocycles. The second-order valence-electron chi connectivity index (χ2n) is 6.52. The van der Waals surface area contributed by atoms with Crippen molar-refractivity contribution in [2.24, 2.45) is 0 Å². The maximum absolute atomic E-state index is 12.0. The molecule has 1 atom stereocenters. The van der Waals surface area contributed by atoms with Crippen LogP contribution < -0.4 is 4.90 Å². The molecule has 0 saturated carbocycles. The maximum atomic E-state index is 12.0. The minimum atomic E-state index is -3.30. The van der Waals surface area contributed by atoms with Crippen LogP contribution in [0, 0.1) is 0 Å². The molecule has 7 heteroatoms. The molecule has 0 N–H and O–H groups in total. The van der Waals surface area contributed by atoms with Crippen molar-refractivity contribution in [3.05, 3.63) is 59.4 Å². The van der Waals surface area contributed by atoms with Gasteiger partial charge in [-0.25, -0.2) is 18.4 Å². The Morgan fingerprint density at radius 1 is 1.15 bits per heavy atom. The molecular formula is C19H18ClN3O2S. The van der Waals surface area contributed by atoms with Crippen molar-refractivity contribution in [2.45, 2.75) is 23.8 Å². The maximum Gasteiger partial charge on any atom is 0.175 e. The van der Waals surface area contributed by atoms with E-state index in [1.54, 1.807) is 18.2 Å². The summed E-state index contributed by atoms with van der Waals surface area (Å²) in [5.74, 6) is 0.753. The van der Waals surface area contributed by atoms with Crippen molar-refractivity contribution in [1.82, 2.24) is 9.97 Å². The molecule has 0 spiro atoms. The molecule has 0 amide bonds. The average molecular weight is 388 g/mol. The molecule has 1 aliphatic rings. The summed E-state index contributed by atoms with van der Waals surface area (Å²) in [6.45, 7) is 0.838. The molecule has 1 saturated heterocycles. The Balaban J connectivity index is 1.86. The van der Waals surface area contributed by atoms with Crippen molar-refractivity contribution < 1.29 is 8.42 Å². The van der Waals surface area contributed by atoms with Crippen molar-refractivity contribution in [3.8, 4) is 0 Å². The van der Waals surface area contributed by atoms with Gasteiger partial charge in [-0.2, -0.15) is 0 Å². The lowest BCUT2D eigenvalue weighted by Crippen LogP contribution is -2.24. The lowest BCUT2D eigenvalue weighted by Gasteiger charge is -2.27. The predicted molar refractivity (Wildman–Crippen MR) is 103 cm³/mol. The number of benzene rings is 2. The smallest absolute Gasteiger partial charge is 0.175 e. The van der Waals surface area contributed by atoms with Crippen LogP contribution in [0.1, 0.15) is 24.4 Å². The SMILES string of the molecule is CS(=O)(=O)c1ccc2ncnc(N3CCCC3c3ccccc3Cl)c2c1. The van der Waals surface area contributed by atoms with Crippen molar-refractivity contribution in [3.63, 3.8) is 0 Å². The molecule has 1 aliphatic heterocycles. The van der Waals surface area contributed by atoms with Gasteiger partial charge in [0.1, 0.15) is 12.1 Å². The largest absolute Gasteiger partial charge is 0.349 e. The standard InChI is InChI=1S/C19H18ClN3O2S/c1-26(24,25)13-8-9-17-15(11-13)19(22-12-21-17)23-10-4-7-18(23)14-5-2-3-6-16(14)20/h2-3,5-6,8-9,11-12,18H,4,7,10H2,1H3. The fraction of sp³-hybridized carbons (Fsp3) is 0.263. The van der Waals surface area contributed by atoms with Gasteiger partial charge in [-0.15, -0.1) is 0 Å². The van der Waals surface area contributed by atoms with Gasteiger partial charge in [-0.3, -0.25) is 0 Å². The van der Waals surface area contributed by atoms with Crippen LogP contribution in [0.25, 0.3) is 10.9 Å². The zero-order chi connectivity index (χ0) is 18.3. The molecule has 26 heavy (non-hydrogen) atoms. The van der Waals surface area contributed by atoms with Crippen LogP contribution in [0.3, 0.4) is 0 Å². The summed E-state index contributed by atoms with van der Waals surface area (Å²) in [6.07, 6.45) is 4.73. The summed E-state index contributed by atoms with van der Waals surface area (Å²) in [5.41, 5.74) is 1.80. The van der Waals surface area contributed by atoms with Crippen LogP contribution in [0.5, 0.6) is 0 Å². The normalized spacial score (nSPS) is 17.8. The summed E-state index contributed by atoms with van der Waals surface area (Å²) in [7, 11) is -3.30. The summed E-state index contributed by atoms with van der Waals surface area (Å²) >= 11 is 6.42. The van der Waals surface area contributed by atoms with Crippen LogP contribution in [-0.2, 0) is 9.84 Å². The van der Waals surface area contributed by atoms with E-state index in [-0.39, 0.29) is 10.9 Å². The van der Waals surface area contributed by atoms with Gasteiger partial charge in [0.05, 0.1) is 16.5 Å². The van der Waals surface area contributed by atoms with Crippen LogP contribution >= 0.6 is 11.6 Å². The van der Waals surface area contributed by atoms with E-state index in [0.29, 0.717) is 0 Å². The number of fused-ring (bicyclic) bond motifs is 1. The van der Waals surface area contributed by atoms with E-state index < -0.39 is 9.84 Å². The number of sulfone groups is 1. The molecule has 1 unspecified atom stereocenters. The Morgan fingerprint density at radius 3 is 2.73 bits per heavy atom. The highest BCUT2D eigenvalue weighted by molar-refractivity contribution is 7.90. The first-order valence-corrected chi connectivity index (χ1v) is 10.7. The number of hydrogen-bond donors (Lipinski definition) is 0. The van der Waals surface area contributed by atoms with Gasteiger partial charge in [0.2, 0.25) is 0 Å². The first-order chi connectivity index (χ1) is 12.4. The highest BCUT2D eigenvalue weighted by atomic mass is 35.5. The first-order valence-electron chi connectivity index (χ1n) is 8.41. The summed E-state index contributed by atoms with van der Waals surface area (Å²) in [4.78, 5) is 11.3. The second kappa shape index (κ2) is 6.52. The molecule has 4 rings (SSSR count). The first kappa shape index (κ1) is 17.2. The molecule has 134 valence electrons. The fourth-order valence-electron chi connectivity index (χ4n) is 3.57. The van der Waals surface area contributed by atoms with Gasteiger partial charge >= 0.3 is 0 Å². The van der Waals surface area contributed by atoms with Gasteiger partial charge in [-0.1, -0.05) is 29.8 Å². The highest BCUT2D eigenvalue weighted by Gasteiger charge is 2.30. The van der Waals surface area contributed by atoms with Gasteiger partial charge in [-0.05, 0) is 42.7 Å². The topological polar surface area (TPSA) is 63.2 Å². The quantitative estimate of drug-likeness (QED) is 0.679. The number of aromatic nitrogens is 2. The Hall–Kier alpha value is -2.18. The fourth-order valence-corrected chi connectivity index (χ4v) is 4.48. The number of rotatable bonds is 3. The average Bonchev–Trinajstić information content (AvgIpc) is 3.09. The van der Waals surface area contributed by atoms with E-state index in [4.69, 9.17) is 11.6 Å². The van der Waals surface area contributed by atoms with E-state index in [2.05, 4.69) is 14.9 Å². The lowest BCUT2D eigenvalue weighted by atomic mass is 10.0. The Labute approximate surface area is 157 Å². The van der Waals surface area contributed by atoms with E-state index in [9.17, 15) is 8.42 Å². The Bertz CT molecular complexity index is 1090. The molecule has 0 aliphatic carbocycles. The molecule has 2 aromatic carbocycles. The van der Waals surface area contributed by atoms with Gasteiger partial charge < -0.3 is 4.90 Å². The third-order valence-electron chi connectivity index (χ3n) is 4.80. The Morgan fingerprint density at radius 2 is 1.96 bits per heavy atom. The minimum Gasteiger partial charge on any atom is -0.349 e.